The lowest BCUT2D eigenvalue weighted by atomic mass is 10.1. The molecule has 1 aromatic carbocycles. The molecule has 144 valence electrons. The Hall–Kier alpha value is -2.71. The van der Waals surface area contributed by atoms with E-state index in [0.717, 1.165) is 11.9 Å². The SMILES string of the molecule is CC(C)n1c(=O)c2c(-c3noc(C4CCOC4)n3)ncn2c2cccc(Cl)c21. The molecule has 5 rings (SSSR count). The maximum absolute atomic E-state index is 13.4. The first-order valence-corrected chi connectivity index (χ1v) is 9.55. The van der Waals surface area contributed by atoms with Gasteiger partial charge in [-0.05, 0) is 32.4 Å². The second-order valence-corrected chi connectivity index (χ2v) is 7.61. The Bertz CT molecular complexity index is 1250. The Balaban J connectivity index is 1.78. The highest BCUT2D eigenvalue weighted by Gasteiger charge is 2.26. The number of hydrogen-bond acceptors (Lipinski definition) is 6. The zero-order valence-corrected chi connectivity index (χ0v) is 16.2. The standard InChI is InChI=1S/C19H18ClN5O3/c1-10(2)25-15-12(20)4-3-5-13(15)24-9-21-14(16(24)19(25)26)17-22-18(28-23-17)11-6-7-27-8-11/h3-5,9-11H,6-8H2,1-2H3. The predicted octanol–water partition coefficient (Wildman–Crippen LogP) is 3.44. The molecule has 1 fully saturated rings. The fourth-order valence-corrected chi connectivity index (χ4v) is 4.03. The van der Waals surface area contributed by atoms with Crippen LogP contribution < -0.4 is 5.56 Å². The van der Waals surface area contributed by atoms with Gasteiger partial charge in [0.2, 0.25) is 11.7 Å². The summed E-state index contributed by atoms with van der Waals surface area (Å²) in [6, 6.07) is 5.46. The highest BCUT2D eigenvalue weighted by Crippen LogP contribution is 2.29. The van der Waals surface area contributed by atoms with E-state index in [-0.39, 0.29) is 17.5 Å². The molecular weight excluding hydrogens is 382 g/mol. The number of fused-ring (bicyclic) bond motifs is 3. The van der Waals surface area contributed by atoms with E-state index in [9.17, 15) is 4.79 Å². The molecule has 4 heterocycles. The maximum atomic E-state index is 13.4. The molecule has 0 aliphatic carbocycles. The van der Waals surface area contributed by atoms with E-state index in [0.29, 0.717) is 46.7 Å². The van der Waals surface area contributed by atoms with Gasteiger partial charge >= 0.3 is 0 Å². The Kier molecular flexibility index (Phi) is 3.99. The second-order valence-electron chi connectivity index (χ2n) is 7.20. The fourth-order valence-electron chi connectivity index (χ4n) is 3.77. The average Bonchev–Trinajstić information content (AvgIpc) is 3.41. The molecule has 0 saturated carbocycles. The van der Waals surface area contributed by atoms with Gasteiger partial charge in [-0.3, -0.25) is 9.20 Å². The van der Waals surface area contributed by atoms with Gasteiger partial charge in [-0.15, -0.1) is 0 Å². The molecule has 1 unspecified atom stereocenters. The van der Waals surface area contributed by atoms with Crippen molar-refractivity contribution in [1.82, 2.24) is 24.1 Å². The Morgan fingerprint density at radius 1 is 1.29 bits per heavy atom. The summed E-state index contributed by atoms with van der Waals surface area (Å²) in [6.07, 6.45) is 2.44. The van der Waals surface area contributed by atoms with E-state index in [4.69, 9.17) is 20.9 Å². The third-order valence-corrected chi connectivity index (χ3v) is 5.41. The molecule has 1 saturated heterocycles. The summed E-state index contributed by atoms with van der Waals surface area (Å²) in [6.45, 7) is 5.14. The third kappa shape index (κ3) is 2.48. The number of hydrogen-bond donors (Lipinski definition) is 0. The minimum absolute atomic E-state index is 0.0842. The van der Waals surface area contributed by atoms with Crippen molar-refractivity contribution in [1.29, 1.82) is 0 Å². The van der Waals surface area contributed by atoms with Crippen LogP contribution in [0.5, 0.6) is 0 Å². The Labute approximate surface area is 164 Å². The Morgan fingerprint density at radius 3 is 2.89 bits per heavy atom. The van der Waals surface area contributed by atoms with E-state index >= 15 is 0 Å². The van der Waals surface area contributed by atoms with Crippen molar-refractivity contribution >= 4 is 28.2 Å². The van der Waals surface area contributed by atoms with E-state index in [1.165, 1.54) is 0 Å². The summed E-state index contributed by atoms with van der Waals surface area (Å²) in [5.74, 6) is 0.905. The monoisotopic (exact) mass is 399 g/mol. The van der Waals surface area contributed by atoms with Crippen LogP contribution in [0.1, 0.15) is 38.1 Å². The molecule has 0 radical (unpaired) electrons. The normalized spacial score (nSPS) is 17.4. The summed E-state index contributed by atoms with van der Waals surface area (Å²) in [4.78, 5) is 22.3. The number of rotatable bonds is 3. The van der Waals surface area contributed by atoms with Crippen molar-refractivity contribution in [2.24, 2.45) is 0 Å². The van der Waals surface area contributed by atoms with Gasteiger partial charge in [0.05, 0.1) is 28.6 Å². The summed E-state index contributed by atoms with van der Waals surface area (Å²) in [7, 11) is 0. The quantitative estimate of drug-likeness (QED) is 0.524. The number of halogens is 1. The van der Waals surface area contributed by atoms with E-state index in [2.05, 4.69) is 15.1 Å². The lowest BCUT2D eigenvalue weighted by Crippen LogP contribution is -2.25. The number of ether oxygens (including phenoxy) is 1. The van der Waals surface area contributed by atoms with Crippen LogP contribution in [-0.4, -0.2) is 37.3 Å². The first kappa shape index (κ1) is 17.4. The number of imidazole rings is 1. The summed E-state index contributed by atoms with van der Waals surface area (Å²) >= 11 is 6.43. The number of nitrogens with zero attached hydrogens (tertiary/aromatic N) is 5. The van der Waals surface area contributed by atoms with Crippen molar-refractivity contribution in [2.45, 2.75) is 32.2 Å². The molecule has 0 spiro atoms. The summed E-state index contributed by atoms with van der Waals surface area (Å²) in [5.41, 5.74) is 2.08. The molecule has 3 aromatic heterocycles. The van der Waals surface area contributed by atoms with Crippen LogP contribution >= 0.6 is 11.6 Å². The molecule has 0 bridgehead atoms. The molecule has 1 aliphatic rings. The van der Waals surface area contributed by atoms with E-state index in [1.807, 2.05) is 26.0 Å². The van der Waals surface area contributed by atoms with Crippen molar-refractivity contribution in [2.75, 3.05) is 13.2 Å². The van der Waals surface area contributed by atoms with Gasteiger partial charge in [-0.2, -0.15) is 4.98 Å². The molecular formula is C19H18ClN5O3. The molecule has 8 nitrogen and oxygen atoms in total. The van der Waals surface area contributed by atoms with Crippen LogP contribution in [-0.2, 0) is 4.74 Å². The van der Waals surface area contributed by atoms with Gasteiger partial charge in [-0.25, -0.2) is 4.98 Å². The zero-order valence-electron chi connectivity index (χ0n) is 15.4. The minimum atomic E-state index is -0.196. The number of benzene rings is 1. The van der Waals surface area contributed by atoms with Crippen molar-refractivity contribution < 1.29 is 9.26 Å². The van der Waals surface area contributed by atoms with E-state index < -0.39 is 0 Å². The first-order valence-electron chi connectivity index (χ1n) is 9.17. The smallest absolute Gasteiger partial charge is 0.278 e. The van der Waals surface area contributed by atoms with Crippen LogP contribution in [0.15, 0.2) is 33.8 Å². The largest absolute Gasteiger partial charge is 0.381 e. The predicted molar refractivity (Wildman–Crippen MR) is 104 cm³/mol. The van der Waals surface area contributed by atoms with Gasteiger partial charge in [0.25, 0.3) is 5.56 Å². The minimum Gasteiger partial charge on any atom is -0.381 e. The lowest BCUT2D eigenvalue weighted by molar-refractivity contribution is 0.189. The molecule has 1 atom stereocenters. The van der Waals surface area contributed by atoms with Crippen LogP contribution in [0.4, 0.5) is 0 Å². The van der Waals surface area contributed by atoms with Crippen LogP contribution in [0, 0.1) is 0 Å². The zero-order chi connectivity index (χ0) is 19.4. The van der Waals surface area contributed by atoms with Crippen LogP contribution in [0.2, 0.25) is 5.02 Å². The van der Waals surface area contributed by atoms with Crippen molar-refractivity contribution in [3.63, 3.8) is 0 Å². The first-order chi connectivity index (χ1) is 13.6. The van der Waals surface area contributed by atoms with Gasteiger partial charge < -0.3 is 13.8 Å². The second kappa shape index (κ2) is 6.42. The summed E-state index contributed by atoms with van der Waals surface area (Å²) in [5, 5.41) is 4.59. The molecule has 4 aromatic rings. The average molecular weight is 400 g/mol. The van der Waals surface area contributed by atoms with Crippen molar-refractivity contribution in [3.8, 4) is 11.5 Å². The topological polar surface area (TPSA) is 87.5 Å². The summed E-state index contributed by atoms with van der Waals surface area (Å²) < 4.78 is 14.2. The van der Waals surface area contributed by atoms with Gasteiger partial charge in [0, 0.05) is 12.6 Å². The number of aromatic nitrogens is 5. The van der Waals surface area contributed by atoms with Crippen molar-refractivity contribution in [3.05, 3.63) is 45.8 Å². The third-order valence-electron chi connectivity index (χ3n) is 5.10. The van der Waals surface area contributed by atoms with Crippen LogP contribution in [0.3, 0.4) is 0 Å². The maximum Gasteiger partial charge on any atom is 0.278 e. The lowest BCUT2D eigenvalue weighted by Gasteiger charge is -2.16. The van der Waals surface area contributed by atoms with Gasteiger partial charge in [0.1, 0.15) is 17.5 Å². The van der Waals surface area contributed by atoms with Gasteiger partial charge in [0.15, 0.2) is 0 Å². The molecule has 0 N–H and O–H groups in total. The fraction of sp³-hybridized carbons (Fsp3) is 0.368. The van der Waals surface area contributed by atoms with E-state index in [1.54, 1.807) is 21.4 Å². The highest BCUT2D eigenvalue weighted by atomic mass is 35.5. The molecule has 1 aliphatic heterocycles. The highest BCUT2D eigenvalue weighted by molar-refractivity contribution is 6.35. The number of para-hydroxylation sites is 1. The van der Waals surface area contributed by atoms with Crippen LogP contribution in [0.25, 0.3) is 28.1 Å². The molecule has 28 heavy (non-hydrogen) atoms. The van der Waals surface area contributed by atoms with Gasteiger partial charge in [-0.1, -0.05) is 22.8 Å². The Morgan fingerprint density at radius 2 is 2.14 bits per heavy atom. The molecule has 9 heteroatoms. The molecule has 0 amide bonds.